The maximum Gasteiger partial charge on any atom is 0.355 e. The van der Waals surface area contributed by atoms with Crippen molar-refractivity contribution in [2.75, 3.05) is 13.7 Å². The summed E-state index contributed by atoms with van der Waals surface area (Å²) >= 11 is 0. The Morgan fingerprint density at radius 1 is 1.28 bits per heavy atom. The first-order chi connectivity index (χ1) is 12.2. The van der Waals surface area contributed by atoms with Crippen molar-refractivity contribution in [2.45, 2.75) is 39.0 Å². The zero-order valence-electron chi connectivity index (χ0n) is 14.7. The zero-order chi connectivity index (χ0) is 17.8. The summed E-state index contributed by atoms with van der Waals surface area (Å²) in [6, 6.07) is 9.84. The van der Waals surface area contributed by atoms with Crippen LogP contribution in [0.3, 0.4) is 0 Å². The van der Waals surface area contributed by atoms with Crippen LogP contribution in [0.5, 0.6) is 0 Å². The Kier molecular flexibility index (Phi) is 5.53. The Hall–Kier alpha value is -2.15. The van der Waals surface area contributed by atoms with Crippen LogP contribution in [0.15, 0.2) is 36.5 Å². The van der Waals surface area contributed by atoms with Crippen molar-refractivity contribution in [2.24, 2.45) is 0 Å². The highest BCUT2D eigenvalue weighted by Gasteiger charge is 2.39. The van der Waals surface area contributed by atoms with Gasteiger partial charge >= 0.3 is 5.97 Å². The van der Waals surface area contributed by atoms with Crippen molar-refractivity contribution in [1.82, 2.24) is 4.98 Å². The highest BCUT2D eigenvalue weighted by atomic mass is 16.7. The van der Waals surface area contributed by atoms with E-state index in [2.05, 4.69) is 4.98 Å². The van der Waals surface area contributed by atoms with Crippen LogP contribution in [0.4, 0.5) is 0 Å². The summed E-state index contributed by atoms with van der Waals surface area (Å²) in [5.74, 6) is -0.402. The number of nitrogens with one attached hydrogen (secondary N) is 1. The number of hydrogen-bond acceptors (Lipinski definition) is 5. The lowest BCUT2D eigenvalue weighted by Crippen LogP contribution is -2.33. The predicted octanol–water partition coefficient (Wildman–Crippen LogP) is 3.51. The molecule has 0 unspecified atom stereocenters. The number of rotatable bonds is 6. The summed E-state index contributed by atoms with van der Waals surface area (Å²) in [5.41, 5.74) is 3.06. The van der Waals surface area contributed by atoms with Crippen molar-refractivity contribution in [1.29, 1.82) is 0 Å². The van der Waals surface area contributed by atoms with Gasteiger partial charge in [-0.2, -0.15) is 0 Å². The molecule has 1 aliphatic heterocycles. The molecule has 1 aliphatic rings. The number of carbonyl (C=O) groups is 1. The van der Waals surface area contributed by atoms with Crippen molar-refractivity contribution >= 4 is 5.97 Å². The first-order valence-corrected chi connectivity index (χ1v) is 8.37. The van der Waals surface area contributed by atoms with Gasteiger partial charge in [0.1, 0.15) is 11.8 Å². The van der Waals surface area contributed by atoms with Crippen LogP contribution in [-0.2, 0) is 25.6 Å². The second-order valence-corrected chi connectivity index (χ2v) is 5.85. The van der Waals surface area contributed by atoms with Gasteiger partial charge in [0, 0.05) is 24.4 Å². The van der Waals surface area contributed by atoms with Crippen LogP contribution in [0.25, 0.3) is 0 Å². The molecule has 1 N–H and O–H groups in total. The van der Waals surface area contributed by atoms with Gasteiger partial charge in [0.2, 0.25) is 0 Å². The molecule has 0 fully saturated rings. The minimum atomic E-state index is -0.602. The third-order valence-corrected chi connectivity index (χ3v) is 4.24. The maximum absolute atomic E-state index is 12.3. The first kappa shape index (κ1) is 17.7. The quantitative estimate of drug-likeness (QED) is 0.811. The number of aromatic amines is 1. The van der Waals surface area contributed by atoms with Gasteiger partial charge in [-0.15, -0.1) is 0 Å². The summed E-state index contributed by atoms with van der Waals surface area (Å²) < 4.78 is 22.6. The van der Waals surface area contributed by atoms with Gasteiger partial charge in [0.05, 0.1) is 19.3 Å². The number of esters is 1. The average molecular weight is 345 g/mol. The van der Waals surface area contributed by atoms with Gasteiger partial charge < -0.3 is 23.9 Å². The monoisotopic (exact) mass is 345 g/mol. The Morgan fingerprint density at radius 3 is 2.72 bits per heavy atom. The minimum Gasteiger partial charge on any atom is -0.461 e. The van der Waals surface area contributed by atoms with E-state index in [-0.39, 0.29) is 6.10 Å². The van der Waals surface area contributed by atoms with Crippen LogP contribution in [-0.4, -0.2) is 31.0 Å². The summed E-state index contributed by atoms with van der Waals surface area (Å²) in [4.78, 5) is 15.3. The topological polar surface area (TPSA) is 69.8 Å². The minimum absolute atomic E-state index is 0.212. The van der Waals surface area contributed by atoms with Crippen LogP contribution < -0.4 is 0 Å². The number of methoxy groups -OCH3 is 1. The van der Waals surface area contributed by atoms with E-state index >= 15 is 0 Å². The SMILES string of the molecule is CCOC(=O)c1[nH]cc2c1[C@@H](OCc1ccccc1)[C@@H](OC)O[C@@H]2C. The lowest BCUT2D eigenvalue weighted by atomic mass is 9.97. The Balaban J connectivity index is 1.91. The molecule has 0 spiro atoms. The Bertz CT molecular complexity index is 712. The average Bonchev–Trinajstić information content (AvgIpc) is 3.07. The number of ether oxygens (including phenoxy) is 4. The third kappa shape index (κ3) is 3.61. The van der Waals surface area contributed by atoms with E-state index in [0.29, 0.717) is 18.9 Å². The third-order valence-electron chi connectivity index (χ3n) is 4.24. The molecule has 25 heavy (non-hydrogen) atoms. The maximum atomic E-state index is 12.3. The van der Waals surface area contributed by atoms with Gasteiger partial charge in [-0.1, -0.05) is 30.3 Å². The van der Waals surface area contributed by atoms with Crippen LogP contribution in [0.1, 0.15) is 53.2 Å². The van der Waals surface area contributed by atoms with Crippen LogP contribution in [0.2, 0.25) is 0 Å². The lowest BCUT2D eigenvalue weighted by Gasteiger charge is -2.34. The number of H-pyrrole nitrogens is 1. The van der Waals surface area contributed by atoms with Gasteiger partial charge in [0.25, 0.3) is 0 Å². The largest absolute Gasteiger partial charge is 0.461 e. The van der Waals surface area contributed by atoms with Crippen molar-refractivity contribution in [3.63, 3.8) is 0 Å². The van der Waals surface area contributed by atoms with Crippen molar-refractivity contribution in [3.8, 4) is 0 Å². The van der Waals surface area contributed by atoms with E-state index in [0.717, 1.165) is 16.7 Å². The van der Waals surface area contributed by atoms with Crippen molar-refractivity contribution in [3.05, 3.63) is 58.9 Å². The number of aromatic nitrogens is 1. The molecule has 0 radical (unpaired) electrons. The highest BCUT2D eigenvalue weighted by Crippen LogP contribution is 2.41. The number of benzene rings is 1. The van der Waals surface area contributed by atoms with E-state index in [1.807, 2.05) is 37.3 Å². The van der Waals surface area contributed by atoms with Gasteiger partial charge in [-0.25, -0.2) is 4.79 Å². The fourth-order valence-corrected chi connectivity index (χ4v) is 3.05. The highest BCUT2D eigenvalue weighted by molar-refractivity contribution is 5.90. The molecule has 0 bridgehead atoms. The van der Waals surface area contributed by atoms with Crippen LogP contribution in [0, 0.1) is 0 Å². The molecule has 6 nitrogen and oxygen atoms in total. The van der Waals surface area contributed by atoms with Gasteiger partial charge in [-0.3, -0.25) is 0 Å². The number of hydrogen-bond donors (Lipinski definition) is 1. The van der Waals surface area contributed by atoms with E-state index in [1.165, 1.54) is 0 Å². The molecule has 134 valence electrons. The second kappa shape index (κ2) is 7.82. The molecular weight excluding hydrogens is 322 g/mol. The number of carbonyl (C=O) groups excluding carboxylic acids is 1. The molecule has 6 heteroatoms. The molecule has 0 amide bonds. The molecule has 3 rings (SSSR count). The Morgan fingerprint density at radius 2 is 2.04 bits per heavy atom. The van der Waals surface area contributed by atoms with Crippen LogP contribution >= 0.6 is 0 Å². The fourth-order valence-electron chi connectivity index (χ4n) is 3.05. The van der Waals surface area contributed by atoms with E-state index < -0.39 is 18.4 Å². The molecule has 0 saturated heterocycles. The lowest BCUT2D eigenvalue weighted by molar-refractivity contribution is -0.230. The molecule has 0 aliphatic carbocycles. The summed E-state index contributed by atoms with van der Waals surface area (Å²) in [6.45, 7) is 4.39. The second-order valence-electron chi connectivity index (χ2n) is 5.85. The summed E-state index contributed by atoms with van der Waals surface area (Å²) in [7, 11) is 1.57. The first-order valence-electron chi connectivity index (χ1n) is 8.37. The smallest absolute Gasteiger partial charge is 0.355 e. The molecule has 2 heterocycles. The summed E-state index contributed by atoms with van der Waals surface area (Å²) in [6.07, 6.45) is 0.435. The molecule has 2 aromatic rings. The summed E-state index contributed by atoms with van der Waals surface area (Å²) in [5, 5.41) is 0. The molecule has 0 saturated carbocycles. The van der Waals surface area contributed by atoms with E-state index in [1.54, 1.807) is 20.2 Å². The standard InChI is InChI=1S/C19H23NO5/c1-4-23-18(21)16-15-14(10-20-16)12(2)25-19(22-3)17(15)24-11-13-8-6-5-7-9-13/h5-10,12,17,19-20H,4,11H2,1-3H3/t12-,17-,19+/m1/s1. The Labute approximate surface area is 147 Å². The molecular formula is C19H23NO5. The van der Waals surface area contributed by atoms with E-state index in [9.17, 15) is 4.79 Å². The molecule has 1 aromatic heterocycles. The van der Waals surface area contributed by atoms with Gasteiger partial charge in [-0.05, 0) is 19.4 Å². The normalized spacial score (nSPS) is 22.4. The predicted molar refractivity (Wildman–Crippen MR) is 91.0 cm³/mol. The van der Waals surface area contributed by atoms with Crippen molar-refractivity contribution < 1.29 is 23.7 Å². The van der Waals surface area contributed by atoms with Gasteiger partial charge in [0.15, 0.2) is 6.29 Å². The number of fused-ring (bicyclic) bond motifs is 1. The van der Waals surface area contributed by atoms with E-state index in [4.69, 9.17) is 18.9 Å². The molecule has 3 atom stereocenters. The fraction of sp³-hybridized carbons (Fsp3) is 0.421. The molecule has 1 aromatic carbocycles. The zero-order valence-corrected chi connectivity index (χ0v) is 14.7.